The van der Waals surface area contributed by atoms with Crippen LogP contribution < -0.4 is 5.32 Å². The van der Waals surface area contributed by atoms with Crippen LogP contribution in [-0.4, -0.2) is 45.8 Å². The molecule has 1 amide bonds. The van der Waals surface area contributed by atoms with Gasteiger partial charge in [-0.15, -0.1) is 5.10 Å². The molecule has 0 fully saturated rings. The third-order valence-electron chi connectivity index (χ3n) is 4.11. The lowest BCUT2D eigenvalue weighted by molar-refractivity contribution is 0.0510. The normalized spacial score (nSPS) is 12.0. The van der Waals surface area contributed by atoms with Gasteiger partial charge in [-0.2, -0.15) is 0 Å². The summed E-state index contributed by atoms with van der Waals surface area (Å²) in [6, 6.07) is 14.9. The zero-order valence-electron chi connectivity index (χ0n) is 15.3. The number of aryl methyl sites for hydroxylation is 1. The van der Waals surface area contributed by atoms with Gasteiger partial charge in [0.15, 0.2) is 0 Å². The van der Waals surface area contributed by atoms with Crippen molar-refractivity contribution in [1.82, 2.24) is 15.0 Å². The van der Waals surface area contributed by atoms with Crippen molar-refractivity contribution >= 4 is 11.6 Å². The quantitative estimate of drug-likeness (QED) is 0.671. The van der Waals surface area contributed by atoms with Crippen LogP contribution >= 0.6 is 0 Å². The van der Waals surface area contributed by atoms with Crippen molar-refractivity contribution in [1.29, 1.82) is 0 Å². The minimum absolute atomic E-state index is 0.177. The maximum atomic E-state index is 12.6. The predicted molar refractivity (Wildman–Crippen MR) is 102 cm³/mol. The van der Waals surface area contributed by atoms with E-state index in [-0.39, 0.29) is 19.1 Å². The zero-order valence-corrected chi connectivity index (χ0v) is 15.3. The van der Waals surface area contributed by atoms with Crippen molar-refractivity contribution in [2.45, 2.75) is 19.6 Å². The van der Waals surface area contributed by atoms with Crippen molar-refractivity contribution in [3.8, 4) is 11.3 Å². The standard InChI is InChI=1S/C20H22N4O3/c1-14-8-9-15(19-12-24(23-22-19)11-17(25)13-27-2)10-18(14)20(26)21-16-6-4-3-5-7-16/h3-10,12,17,25H,11,13H2,1-2H3,(H,21,26)/t17-/m0/s1. The number of rotatable bonds is 7. The van der Waals surface area contributed by atoms with Crippen LogP contribution in [0.1, 0.15) is 15.9 Å². The van der Waals surface area contributed by atoms with Gasteiger partial charge in [-0.25, -0.2) is 4.68 Å². The number of benzene rings is 2. The summed E-state index contributed by atoms with van der Waals surface area (Å²) in [6.45, 7) is 2.40. The molecule has 0 radical (unpaired) electrons. The van der Waals surface area contributed by atoms with Gasteiger partial charge in [-0.3, -0.25) is 4.79 Å². The molecule has 0 aliphatic rings. The maximum absolute atomic E-state index is 12.6. The average Bonchev–Trinajstić information content (AvgIpc) is 3.11. The van der Waals surface area contributed by atoms with Gasteiger partial charge in [0.2, 0.25) is 0 Å². The van der Waals surface area contributed by atoms with E-state index in [0.717, 1.165) is 16.8 Å². The molecule has 0 saturated heterocycles. The lowest BCUT2D eigenvalue weighted by atomic mass is 10.0. The molecular weight excluding hydrogens is 344 g/mol. The van der Waals surface area contributed by atoms with Gasteiger partial charge < -0.3 is 15.2 Å². The highest BCUT2D eigenvalue weighted by Gasteiger charge is 2.13. The van der Waals surface area contributed by atoms with Crippen molar-refractivity contribution in [3.63, 3.8) is 0 Å². The van der Waals surface area contributed by atoms with Gasteiger partial charge in [0.1, 0.15) is 5.69 Å². The smallest absolute Gasteiger partial charge is 0.255 e. The van der Waals surface area contributed by atoms with Gasteiger partial charge in [-0.05, 0) is 30.7 Å². The molecule has 7 heteroatoms. The molecule has 0 bridgehead atoms. The number of aliphatic hydroxyl groups excluding tert-OH is 1. The number of aliphatic hydroxyl groups is 1. The number of nitrogens with zero attached hydrogens (tertiary/aromatic N) is 3. The Bertz CT molecular complexity index is 909. The largest absolute Gasteiger partial charge is 0.389 e. The number of methoxy groups -OCH3 is 1. The van der Waals surface area contributed by atoms with Crippen LogP contribution in [0, 0.1) is 6.92 Å². The van der Waals surface area contributed by atoms with Crippen molar-refractivity contribution in [3.05, 3.63) is 65.9 Å². The summed E-state index contributed by atoms with van der Waals surface area (Å²) in [7, 11) is 1.53. The Morgan fingerprint density at radius 3 is 2.78 bits per heavy atom. The first kappa shape index (κ1) is 18.8. The third kappa shape index (κ3) is 4.78. The van der Waals surface area contributed by atoms with E-state index in [2.05, 4.69) is 15.6 Å². The van der Waals surface area contributed by atoms with Crippen molar-refractivity contribution < 1.29 is 14.6 Å². The average molecular weight is 366 g/mol. The molecule has 27 heavy (non-hydrogen) atoms. The molecule has 2 N–H and O–H groups in total. The van der Waals surface area contributed by atoms with E-state index in [1.54, 1.807) is 16.9 Å². The molecular formula is C20H22N4O3. The van der Waals surface area contributed by atoms with Gasteiger partial charge >= 0.3 is 0 Å². The van der Waals surface area contributed by atoms with E-state index >= 15 is 0 Å². The molecule has 3 rings (SSSR count). The maximum Gasteiger partial charge on any atom is 0.255 e. The highest BCUT2D eigenvalue weighted by atomic mass is 16.5. The summed E-state index contributed by atoms with van der Waals surface area (Å²) in [5.74, 6) is -0.177. The molecule has 1 atom stereocenters. The summed E-state index contributed by atoms with van der Waals surface area (Å²) >= 11 is 0. The second kappa shape index (κ2) is 8.57. The summed E-state index contributed by atoms with van der Waals surface area (Å²) in [5, 5.41) is 20.9. The number of amides is 1. The van der Waals surface area contributed by atoms with E-state index < -0.39 is 6.10 Å². The van der Waals surface area contributed by atoms with Crippen molar-refractivity contribution in [2.24, 2.45) is 0 Å². The first-order chi connectivity index (χ1) is 13.1. The van der Waals surface area contributed by atoms with Gasteiger partial charge in [0.05, 0.1) is 25.5 Å². The summed E-state index contributed by atoms with van der Waals surface area (Å²) < 4.78 is 6.47. The Morgan fingerprint density at radius 2 is 2.04 bits per heavy atom. The van der Waals surface area contributed by atoms with E-state index in [1.807, 2.05) is 49.4 Å². The summed E-state index contributed by atoms with van der Waals surface area (Å²) in [6.07, 6.45) is 1.08. The van der Waals surface area contributed by atoms with Gasteiger partial charge in [0, 0.05) is 23.9 Å². The number of aromatic nitrogens is 3. The molecule has 7 nitrogen and oxygen atoms in total. The lowest BCUT2D eigenvalue weighted by Gasteiger charge is -2.09. The SMILES string of the molecule is COC[C@@H](O)Cn1cc(-c2ccc(C)c(C(=O)Nc3ccccc3)c2)nn1. The van der Waals surface area contributed by atoms with Gasteiger partial charge in [0.25, 0.3) is 5.91 Å². The molecule has 140 valence electrons. The van der Waals surface area contributed by atoms with Crippen LogP contribution in [0.4, 0.5) is 5.69 Å². The predicted octanol–water partition coefficient (Wildman–Crippen LogP) is 2.51. The minimum atomic E-state index is -0.658. The molecule has 0 unspecified atom stereocenters. The minimum Gasteiger partial charge on any atom is -0.389 e. The Hall–Kier alpha value is -3.03. The number of anilines is 1. The fourth-order valence-corrected chi connectivity index (χ4v) is 2.73. The molecule has 0 saturated carbocycles. The number of ether oxygens (including phenoxy) is 1. The molecule has 0 spiro atoms. The Labute approximate surface area is 157 Å². The topological polar surface area (TPSA) is 89.3 Å². The zero-order chi connectivity index (χ0) is 19.2. The fourth-order valence-electron chi connectivity index (χ4n) is 2.73. The van der Waals surface area contributed by atoms with Crippen LogP contribution in [-0.2, 0) is 11.3 Å². The molecule has 3 aromatic rings. The number of carbonyl (C=O) groups excluding carboxylic acids is 1. The number of hydrogen-bond acceptors (Lipinski definition) is 5. The number of nitrogens with one attached hydrogen (secondary N) is 1. The van der Waals surface area contributed by atoms with Gasteiger partial charge in [-0.1, -0.05) is 35.5 Å². The second-order valence-electron chi connectivity index (χ2n) is 6.28. The molecule has 0 aliphatic heterocycles. The highest BCUT2D eigenvalue weighted by molar-refractivity contribution is 6.05. The summed E-state index contributed by atoms with van der Waals surface area (Å²) in [4.78, 5) is 12.6. The second-order valence-corrected chi connectivity index (χ2v) is 6.28. The first-order valence-electron chi connectivity index (χ1n) is 8.61. The van der Waals surface area contributed by atoms with Crippen LogP contribution in [0.3, 0.4) is 0 Å². The monoisotopic (exact) mass is 366 g/mol. The first-order valence-corrected chi connectivity index (χ1v) is 8.61. The van der Waals surface area contributed by atoms with E-state index in [4.69, 9.17) is 4.74 Å². The highest BCUT2D eigenvalue weighted by Crippen LogP contribution is 2.21. The molecule has 2 aromatic carbocycles. The number of carbonyl (C=O) groups is 1. The Kier molecular flexibility index (Phi) is 5.95. The molecule has 1 aromatic heterocycles. The Morgan fingerprint density at radius 1 is 1.26 bits per heavy atom. The third-order valence-corrected chi connectivity index (χ3v) is 4.11. The summed E-state index contributed by atoms with van der Waals surface area (Å²) in [5.41, 5.74) is 3.60. The van der Waals surface area contributed by atoms with E-state index in [0.29, 0.717) is 11.3 Å². The van der Waals surface area contributed by atoms with Crippen LogP contribution in [0.2, 0.25) is 0 Å². The fraction of sp³-hybridized carbons (Fsp3) is 0.250. The van der Waals surface area contributed by atoms with Crippen LogP contribution in [0.25, 0.3) is 11.3 Å². The van der Waals surface area contributed by atoms with E-state index in [9.17, 15) is 9.90 Å². The molecule has 0 aliphatic carbocycles. The van der Waals surface area contributed by atoms with Crippen LogP contribution in [0.15, 0.2) is 54.7 Å². The lowest BCUT2D eigenvalue weighted by Crippen LogP contribution is -2.21. The van der Waals surface area contributed by atoms with Crippen molar-refractivity contribution in [2.75, 3.05) is 19.0 Å². The van der Waals surface area contributed by atoms with Crippen LogP contribution in [0.5, 0.6) is 0 Å². The number of hydrogen-bond donors (Lipinski definition) is 2. The van der Waals surface area contributed by atoms with E-state index in [1.165, 1.54) is 7.11 Å². The Balaban J connectivity index is 1.79. The number of para-hydroxylation sites is 1. The molecule has 1 heterocycles.